The molecule has 1 aliphatic rings. The molecule has 0 atom stereocenters. The molecule has 0 saturated carbocycles. The van der Waals surface area contributed by atoms with Gasteiger partial charge in [-0.25, -0.2) is 9.18 Å². The Kier molecular flexibility index (Phi) is 3.66. The Balaban J connectivity index is 1.93. The predicted molar refractivity (Wildman–Crippen MR) is 64.3 cm³/mol. The molecule has 5 heteroatoms. The summed E-state index contributed by atoms with van der Waals surface area (Å²) >= 11 is 1.85. The van der Waals surface area contributed by atoms with Crippen molar-refractivity contribution >= 4 is 23.5 Å². The summed E-state index contributed by atoms with van der Waals surface area (Å²) in [6.45, 7) is 1.55. The van der Waals surface area contributed by atoms with E-state index < -0.39 is 0 Å². The van der Waals surface area contributed by atoms with Gasteiger partial charge >= 0.3 is 6.03 Å². The van der Waals surface area contributed by atoms with E-state index in [0.29, 0.717) is 5.69 Å². The lowest BCUT2D eigenvalue weighted by Crippen LogP contribution is -2.40. The number of nitrogens with zero attached hydrogens (tertiary/aromatic N) is 1. The third-order valence-corrected chi connectivity index (χ3v) is 3.34. The lowest BCUT2D eigenvalue weighted by Gasteiger charge is -2.26. The number of rotatable bonds is 1. The van der Waals surface area contributed by atoms with Gasteiger partial charge in [0.1, 0.15) is 5.82 Å². The second kappa shape index (κ2) is 5.21. The largest absolute Gasteiger partial charge is 0.323 e. The van der Waals surface area contributed by atoms with Crippen LogP contribution in [0.4, 0.5) is 14.9 Å². The highest BCUT2D eigenvalue weighted by Crippen LogP contribution is 2.12. The molecule has 0 unspecified atom stereocenters. The minimum atomic E-state index is -0.299. The summed E-state index contributed by atoms with van der Waals surface area (Å²) in [6, 6.07) is 5.69. The lowest BCUT2D eigenvalue weighted by atomic mass is 10.3. The van der Waals surface area contributed by atoms with Gasteiger partial charge in [-0.15, -0.1) is 0 Å². The molecule has 3 nitrogen and oxygen atoms in total. The molecular weight excluding hydrogens is 227 g/mol. The minimum Gasteiger partial charge on any atom is -0.323 e. The monoisotopic (exact) mass is 240 g/mol. The maximum absolute atomic E-state index is 12.7. The van der Waals surface area contributed by atoms with Crippen LogP contribution in [0.3, 0.4) is 0 Å². The van der Waals surface area contributed by atoms with Gasteiger partial charge in [-0.2, -0.15) is 11.8 Å². The molecule has 0 aliphatic carbocycles. The van der Waals surface area contributed by atoms with Crippen LogP contribution in [-0.4, -0.2) is 35.5 Å². The third-order valence-electron chi connectivity index (χ3n) is 2.39. The molecule has 0 bridgehead atoms. The second-order valence-corrected chi connectivity index (χ2v) is 4.76. The maximum Gasteiger partial charge on any atom is 0.321 e. The molecule has 1 aromatic carbocycles. The van der Waals surface area contributed by atoms with Gasteiger partial charge in [0, 0.05) is 30.3 Å². The number of anilines is 1. The number of halogens is 1. The fourth-order valence-corrected chi connectivity index (χ4v) is 2.41. The Labute approximate surface area is 98.0 Å². The standard InChI is InChI=1S/C11H13FN2OS/c12-9-1-3-10(4-2-9)13-11(15)14-5-7-16-8-6-14/h1-4H,5-8H2,(H,13,15). The van der Waals surface area contributed by atoms with Crippen molar-refractivity contribution in [3.05, 3.63) is 30.1 Å². The summed E-state index contributed by atoms with van der Waals surface area (Å²) in [5, 5.41) is 2.75. The molecule has 1 aliphatic heterocycles. The predicted octanol–water partition coefficient (Wildman–Crippen LogP) is 2.41. The first-order valence-corrected chi connectivity index (χ1v) is 6.30. The van der Waals surface area contributed by atoms with Crippen LogP contribution in [0, 0.1) is 5.82 Å². The van der Waals surface area contributed by atoms with Gasteiger partial charge in [-0.3, -0.25) is 0 Å². The van der Waals surface area contributed by atoms with Crippen LogP contribution in [0.25, 0.3) is 0 Å². The zero-order valence-corrected chi connectivity index (χ0v) is 9.60. The maximum atomic E-state index is 12.7. The SMILES string of the molecule is O=C(Nc1ccc(F)cc1)N1CCSCC1. The van der Waals surface area contributed by atoms with E-state index in [1.54, 1.807) is 17.0 Å². The number of benzene rings is 1. The van der Waals surface area contributed by atoms with Crippen molar-refractivity contribution in [3.63, 3.8) is 0 Å². The molecule has 1 heterocycles. The molecule has 86 valence electrons. The number of amides is 2. The number of carbonyl (C=O) groups is 1. The van der Waals surface area contributed by atoms with Crippen molar-refractivity contribution < 1.29 is 9.18 Å². The molecular formula is C11H13FN2OS. The first kappa shape index (κ1) is 11.3. The summed E-state index contributed by atoms with van der Waals surface area (Å²) in [7, 11) is 0. The number of thioether (sulfide) groups is 1. The van der Waals surface area contributed by atoms with Crippen LogP contribution >= 0.6 is 11.8 Å². The van der Waals surface area contributed by atoms with Gasteiger partial charge in [-0.05, 0) is 24.3 Å². The minimum absolute atomic E-state index is 0.105. The number of hydrogen-bond acceptors (Lipinski definition) is 2. The molecule has 2 amide bonds. The smallest absolute Gasteiger partial charge is 0.321 e. The molecule has 1 saturated heterocycles. The third kappa shape index (κ3) is 2.88. The zero-order chi connectivity index (χ0) is 11.4. The molecule has 0 spiro atoms. The highest BCUT2D eigenvalue weighted by atomic mass is 32.2. The average molecular weight is 240 g/mol. The molecule has 0 radical (unpaired) electrons. The van der Waals surface area contributed by atoms with E-state index in [1.165, 1.54) is 12.1 Å². The van der Waals surface area contributed by atoms with Crippen molar-refractivity contribution in [2.75, 3.05) is 29.9 Å². The summed E-state index contributed by atoms with van der Waals surface area (Å²) in [4.78, 5) is 13.5. The normalized spacial score (nSPS) is 15.9. The highest BCUT2D eigenvalue weighted by molar-refractivity contribution is 7.99. The van der Waals surface area contributed by atoms with Crippen molar-refractivity contribution in [1.29, 1.82) is 0 Å². The highest BCUT2D eigenvalue weighted by Gasteiger charge is 2.16. The Morgan fingerprint density at radius 2 is 1.88 bits per heavy atom. The van der Waals surface area contributed by atoms with Crippen molar-refractivity contribution in [3.8, 4) is 0 Å². The van der Waals surface area contributed by atoms with E-state index in [0.717, 1.165) is 24.6 Å². The van der Waals surface area contributed by atoms with Crippen LogP contribution in [0.1, 0.15) is 0 Å². The van der Waals surface area contributed by atoms with Crippen LogP contribution in [-0.2, 0) is 0 Å². The zero-order valence-electron chi connectivity index (χ0n) is 8.78. The van der Waals surface area contributed by atoms with Gasteiger partial charge in [0.2, 0.25) is 0 Å². The molecule has 0 aromatic heterocycles. The van der Waals surface area contributed by atoms with Crippen molar-refractivity contribution in [1.82, 2.24) is 4.90 Å². The summed E-state index contributed by atoms with van der Waals surface area (Å²) in [5.41, 5.74) is 0.629. The number of nitrogens with one attached hydrogen (secondary N) is 1. The van der Waals surface area contributed by atoms with Gasteiger partial charge in [0.15, 0.2) is 0 Å². The Hall–Kier alpha value is -1.23. The molecule has 1 N–H and O–H groups in total. The van der Waals surface area contributed by atoms with E-state index >= 15 is 0 Å². The molecule has 16 heavy (non-hydrogen) atoms. The molecule has 1 aromatic rings. The van der Waals surface area contributed by atoms with Gasteiger partial charge < -0.3 is 10.2 Å². The molecule has 1 fully saturated rings. The Bertz CT molecular complexity index is 363. The number of urea groups is 1. The first-order valence-electron chi connectivity index (χ1n) is 5.15. The number of hydrogen-bond donors (Lipinski definition) is 1. The van der Waals surface area contributed by atoms with E-state index in [1.807, 2.05) is 11.8 Å². The Morgan fingerprint density at radius 1 is 1.25 bits per heavy atom. The summed E-state index contributed by atoms with van der Waals surface area (Å²) in [6.07, 6.45) is 0. The van der Waals surface area contributed by atoms with Gasteiger partial charge in [0.05, 0.1) is 0 Å². The van der Waals surface area contributed by atoms with E-state index in [2.05, 4.69) is 5.32 Å². The summed E-state index contributed by atoms with van der Waals surface area (Å²) in [5.74, 6) is 1.67. The summed E-state index contributed by atoms with van der Waals surface area (Å²) < 4.78 is 12.7. The fourth-order valence-electron chi connectivity index (χ4n) is 1.50. The van der Waals surface area contributed by atoms with Gasteiger partial charge in [0.25, 0.3) is 0 Å². The quantitative estimate of drug-likeness (QED) is 0.817. The lowest BCUT2D eigenvalue weighted by molar-refractivity contribution is 0.217. The second-order valence-electron chi connectivity index (χ2n) is 3.54. The Morgan fingerprint density at radius 3 is 2.50 bits per heavy atom. The fraction of sp³-hybridized carbons (Fsp3) is 0.364. The van der Waals surface area contributed by atoms with E-state index in [4.69, 9.17) is 0 Å². The van der Waals surface area contributed by atoms with E-state index in [-0.39, 0.29) is 11.8 Å². The van der Waals surface area contributed by atoms with Crippen LogP contribution in [0.2, 0.25) is 0 Å². The average Bonchev–Trinajstić information content (AvgIpc) is 2.33. The van der Waals surface area contributed by atoms with Gasteiger partial charge in [-0.1, -0.05) is 0 Å². The topological polar surface area (TPSA) is 32.3 Å². The van der Waals surface area contributed by atoms with E-state index in [9.17, 15) is 9.18 Å². The van der Waals surface area contributed by atoms with Crippen molar-refractivity contribution in [2.24, 2.45) is 0 Å². The first-order chi connectivity index (χ1) is 7.75. The molecule has 2 rings (SSSR count). The van der Waals surface area contributed by atoms with Crippen LogP contribution in [0.15, 0.2) is 24.3 Å². The van der Waals surface area contributed by atoms with Crippen molar-refractivity contribution in [2.45, 2.75) is 0 Å². The van der Waals surface area contributed by atoms with Crippen LogP contribution in [0.5, 0.6) is 0 Å². The van der Waals surface area contributed by atoms with Crippen LogP contribution < -0.4 is 5.32 Å². The number of carbonyl (C=O) groups excluding carboxylic acids is 1.